The Morgan fingerprint density at radius 2 is 2.45 bits per heavy atom. The Morgan fingerprint density at radius 1 is 1.64 bits per heavy atom. The number of amides is 1. The van der Waals surface area contributed by atoms with Crippen LogP contribution < -0.4 is 5.73 Å². The number of H-pyrrole nitrogens is 1. The van der Waals surface area contributed by atoms with Crippen LogP contribution in [0.3, 0.4) is 0 Å². The molecule has 1 aromatic rings. The zero-order valence-corrected chi connectivity index (χ0v) is 5.76. The Morgan fingerprint density at radius 3 is 3.18 bits per heavy atom. The average molecular weight is 153 g/mol. The lowest BCUT2D eigenvalue weighted by atomic mass is 10.2. The number of nitrogens with two attached hydrogens (primary N) is 1. The van der Waals surface area contributed by atoms with Crippen LogP contribution in [0.5, 0.6) is 0 Å². The van der Waals surface area contributed by atoms with Gasteiger partial charge >= 0.3 is 0 Å². The standard InChI is InChI=1S/C6H7N3O2/c7-6(10)5-3-1-11-2-4(3)8-9-5/h1-2H2,(H2,7,10)(H,8,9). The lowest BCUT2D eigenvalue weighted by molar-refractivity contribution is 0.0986. The van der Waals surface area contributed by atoms with Crippen LogP contribution in [-0.2, 0) is 18.0 Å². The van der Waals surface area contributed by atoms with E-state index in [4.69, 9.17) is 10.5 Å². The SMILES string of the molecule is NC(=O)c1n[nH]c2c1COC2. The summed E-state index contributed by atoms with van der Waals surface area (Å²) in [6, 6.07) is 0. The Labute approximate surface area is 62.5 Å². The fourth-order valence-corrected chi connectivity index (χ4v) is 1.14. The summed E-state index contributed by atoms with van der Waals surface area (Å²) in [5.41, 5.74) is 7.02. The number of aromatic amines is 1. The van der Waals surface area contributed by atoms with Crippen LogP contribution in [0.25, 0.3) is 0 Å². The molecule has 1 aliphatic rings. The van der Waals surface area contributed by atoms with E-state index in [0.29, 0.717) is 18.9 Å². The number of fused-ring (bicyclic) bond motifs is 1. The Kier molecular flexibility index (Phi) is 1.19. The predicted octanol–water partition coefficient (Wildman–Crippen LogP) is -0.461. The molecule has 2 rings (SSSR count). The Hall–Kier alpha value is -1.36. The highest BCUT2D eigenvalue weighted by molar-refractivity contribution is 5.92. The van der Waals surface area contributed by atoms with Crippen molar-refractivity contribution in [2.75, 3.05) is 0 Å². The second kappa shape index (κ2) is 2.06. The summed E-state index contributed by atoms with van der Waals surface area (Å²) in [5, 5.41) is 6.45. The maximum absolute atomic E-state index is 10.7. The number of aromatic nitrogens is 2. The van der Waals surface area contributed by atoms with E-state index < -0.39 is 5.91 Å². The lowest BCUT2D eigenvalue weighted by Crippen LogP contribution is -2.13. The smallest absolute Gasteiger partial charge is 0.269 e. The van der Waals surface area contributed by atoms with Crippen molar-refractivity contribution in [2.45, 2.75) is 13.2 Å². The van der Waals surface area contributed by atoms with Crippen LogP contribution in [0.1, 0.15) is 21.7 Å². The van der Waals surface area contributed by atoms with Gasteiger partial charge in [-0.3, -0.25) is 9.89 Å². The molecule has 58 valence electrons. The first-order valence-electron chi connectivity index (χ1n) is 3.22. The fraction of sp³-hybridized carbons (Fsp3) is 0.333. The minimum Gasteiger partial charge on any atom is -0.370 e. The van der Waals surface area contributed by atoms with E-state index in [1.807, 2.05) is 0 Å². The van der Waals surface area contributed by atoms with Crippen LogP contribution in [0, 0.1) is 0 Å². The molecule has 1 amide bonds. The van der Waals surface area contributed by atoms with Crippen molar-refractivity contribution in [3.8, 4) is 0 Å². The molecule has 2 heterocycles. The number of ether oxygens (including phenoxy) is 1. The minimum absolute atomic E-state index is 0.303. The molecule has 0 saturated carbocycles. The molecule has 0 bridgehead atoms. The second-order valence-corrected chi connectivity index (χ2v) is 2.39. The number of nitrogens with zero attached hydrogens (tertiary/aromatic N) is 1. The molecule has 0 radical (unpaired) electrons. The third kappa shape index (κ3) is 0.813. The van der Waals surface area contributed by atoms with E-state index in [0.717, 1.165) is 11.3 Å². The number of primary amides is 1. The maximum Gasteiger partial charge on any atom is 0.269 e. The van der Waals surface area contributed by atoms with E-state index in [1.54, 1.807) is 0 Å². The molecule has 1 aliphatic heterocycles. The summed E-state index contributed by atoms with van der Waals surface area (Å²) in [7, 11) is 0. The molecule has 0 saturated heterocycles. The molecule has 3 N–H and O–H groups in total. The molecule has 0 spiro atoms. The predicted molar refractivity (Wildman–Crippen MR) is 35.6 cm³/mol. The molecule has 11 heavy (non-hydrogen) atoms. The molecule has 0 aliphatic carbocycles. The number of rotatable bonds is 1. The monoisotopic (exact) mass is 153 g/mol. The number of hydrogen-bond donors (Lipinski definition) is 2. The van der Waals surface area contributed by atoms with Crippen LogP contribution in [0.4, 0.5) is 0 Å². The third-order valence-electron chi connectivity index (χ3n) is 1.68. The van der Waals surface area contributed by atoms with E-state index in [2.05, 4.69) is 10.2 Å². The number of carbonyl (C=O) groups excluding carboxylic acids is 1. The molecular formula is C6H7N3O2. The average Bonchev–Trinajstić information content (AvgIpc) is 2.41. The van der Waals surface area contributed by atoms with E-state index in [-0.39, 0.29) is 0 Å². The van der Waals surface area contributed by atoms with Crippen LogP contribution >= 0.6 is 0 Å². The van der Waals surface area contributed by atoms with Gasteiger partial charge in [0.25, 0.3) is 5.91 Å². The maximum atomic E-state index is 10.7. The first kappa shape index (κ1) is 6.36. The zero-order valence-electron chi connectivity index (χ0n) is 5.76. The number of carbonyl (C=O) groups is 1. The van der Waals surface area contributed by atoms with Gasteiger partial charge in [-0.15, -0.1) is 0 Å². The summed E-state index contributed by atoms with van der Waals surface area (Å²) >= 11 is 0. The Balaban J connectivity index is 2.50. The third-order valence-corrected chi connectivity index (χ3v) is 1.68. The van der Waals surface area contributed by atoms with Gasteiger partial charge in [0.2, 0.25) is 0 Å². The van der Waals surface area contributed by atoms with Gasteiger partial charge in [0.05, 0.1) is 18.9 Å². The van der Waals surface area contributed by atoms with Crippen molar-refractivity contribution in [2.24, 2.45) is 5.73 Å². The summed E-state index contributed by atoms with van der Waals surface area (Å²) in [4.78, 5) is 10.7. The van der Waals surface area contributed by atoms with Gasteiger partial charge in [0.15, 0.2) is 5.69 Å². The molecule has 5 heteroatoms. The molecule has 0 fully saturated rings. The van der Waals surface area contributed by atoms with Crippen LogP contribution in [0.2, 0.25) is 0 Å². The minimum atomic E-state index is -0.506. The van der Waals surface area contributed by atoms with Gasteiger partial charge < -0.3 is 10.5 Å². The van der Waals surface area contributed by atoms with E-state index >= 15 is 0 Å². The van der Waals surface area contributed by atoms with Crippen molar-refractivity contribution in [1.29, 1.82) is 0 Å². The van der Waals surface area contributed by atoms with Crippen molar-refractivity contribution in [3.05, 3.63) is 17.0 Å². The second-order valence-electron chi connectivity index (χ2n) is 2.39. The quantitative estimate of drug-likeness (QED) is 0.572. The first-order valence-corrected chi connectivity index (χ1v) is 3.22. The van der Waals surface area contributed by atoms with Crippen molar-refractivity contribution >= 4 is 5.91 Å². The highest BCUT2D eigenvalue weighted by Crippen LogP contribution is 2.19. The molecule has 0 atom stereocenters. The van der Waals surface area contributed by atoms with Crippen LogP contribution in [-0.4, -0.2) is 16.1 Å². The number of hydrogen-bond acceptors (Lipinski definition) is 3. The van der Waals surface area contributed by atoms with Gasteiger partial charge in [-0.25, -0.2) is 0 Å². The molecule has 5 nitrogen and oxygen atoms in total. The molecule has 0 aromatic carbocycles. The largest absolute Gasteiger partial charge is 0.370 e. The van der Waals surface area contributed by atoms with Gasteiger partial charge in [-0.1, -0.05) is 0 Å². The topological polar surface area (TPSA) is 81.0 Å². The molecule has 1 aromatic heterocycles. The van der Waals surface area contributed by atoms with Crippen molar-refractivity contribution in [3.63, 3.8) is 0 Å². The molecular weight excluding hydrogens is 146 g/mol. The highest BCUT2D eigenvalue weighted by Gasteiger charge is 2.21. The van der Waals surface area contributed by atoms with E-state index in [1.165, 1.54) is 0 Å². The van der Waals surface area contributed by atoms with Gasteiger partial charge in [0.1, 0.15) is 0 Å². The van der Waals surface area contributed by atoms with Gasteiger partial charge in [-0.05, 0) is 0 Å². The molecule has 0 unspecified atom stereocenters. The normalized spacial score (nSPS) is 14.9. The highest BCUT2D eigenvalue weighted by atomic mass is 16.5. The number of nitrogens with one attached hydrogen (secondary N) is 1. The summed E-state index contributed by atoms with van der Waals surface area (Å²) in [6.45, 7) is 0.930. The zero-order chi connectivity index (χ0) is 7.84. The van der Waals surface area contributed by atoms with Gasteiger partial charge in [0, 0.05) is 5.56 Å². The van der Waals surface area contributed by atoms with Crippen LogP contribution in [0.15, 0.2) is 0 Å². The van der Waals surface area contributed by atoms with E-state index in [9.17, 15) is 4.79 Å². The fourth-order valence-electron chi connectivity index (χ4n) is 1.14. The summed E-state index contributed by atoms with van der Waals surface area (Å²) in [5.74, 6) is -0.506. The lowest BCUT2D eigenvalue weighted by Gasteiger charge is -1.90. The summed E-state index contributed by atoms with van der Waals surface area (Å²) in [6.07, 6.45) is 0. The van der Waals surface area contributed by atoms with Crippen molar-refractivity contribution in [1.82, 2.24) is 10.2 Å². The van der Waals surface area contributed by atoms with Gasteiger partial charge in [-0.2, -0.15) is 5.10 Å². The summed E-state index contributed by atoms with van der Waals surface area (Å²) < 4.78 is 5.07. The Bertz CT molecular complexity index is 305. The first-order chi connectivity index (χ1) is 5.29. The van der Waals surface area contributed by atoms with Crippen molar-refractivity contribution < 1.29 is 9.53 Å².